The number of nitrogens with zero attached hydrogens (tertiary/aromatic N) is 5. The summed E-state index contributed by atoms with van der Waals surface area (Å²) in [6, 6.07) is 3.31. The highest BCUT2D eigenvalue weighted by molar-refractivity contribution is 5.93. The average molecular weight is 439 g/mol. The Bertz CT molecular complexity index is 1330. The first-order valence-corrected chi connectivity index (χ1v) is 10.2. The Hall–Kier alpha value is -3.73. The number of aromatic nitrogens is 5. The minimum absolute atomic E-state index is 0.0690. The fourth-order valence-electron chi connectivity index (χ4n) is 3.78. The molecule has 0 aliphatic carbocycles. The van der Waals surface area contributed by atoms with Crippen molar-refractivity contribution < 1.29 is 18.7 Å². The van der Waals surface area contributed by atoms with Gasteiger partial charge in [0.25, 0.3) is 5.91 Å². The van der Waals surface area contributed by atoms with Crippen molar-refractivity contribution in [3.63, 3.8) is 0 Å². The standard InChI is InChI=1S/C21H22FN7O3/c1-11(13-9-32-10-13)25-21-26-20(31-3)17-14(4-5-29(17)27-21)12-6-15(22)18-24-7-16(19(30)23-2)28(18)8-12/h4-8,11,13H,9-10H2,1-3H3,(H,23,30)(H,25,27). The number of halogens is 1. The monoisotopic (exact) mass is 439 g/mol. The number of methoxy groups -OCH3 is 1. The molecule has 1 aliphatic rings. The van der Waals surface area contributed by atoms with E-state index in [1.54, 1.807) is 23.0 Å². The number of hydrogen-bond acceptors (Lipinski definition) is 7. The molecule has 0 spiro atoms. The van der Waals surface area contributed by atoms with Crippen LogP contribution in [0.3, 0.4) is 0 Å². The lowest BCUT2D eigenvalue weighted by Crippen LogP contribution is -2.40. The molecule has 32 heavy (non-hydrogen) atoms. The summed E-state index contributed by atoms with van der Waals surface area (Å²) in [5.74, 6) is 0.260. The van der Waals surface area contributed by atoms with Crippen molar-refractivity contribution >= 4 is 23.0 Å². The first kappa shape index (κ1) is 20.2. The second kappa shape index (κ2) is 7.75. The van der Waals surface area contributed by atoms with E-state index in [4.69, 9.17) is 9.47 Å². The van der Waals surface area contributed by atoms with Crippen molar-refractivity contribution in [1.29, 1.82) is 0 Å². The summed E-state index contributed by atoms with van der Waals surface area (Å²) in [5.41, 5.74) is 2.07. The van der Waals surface area contributed by atoms with Crippen LogP contribution in [-0.2, 0) is 4.74 Å². The molecule has 5 rings (SSSR count). The molecular weight excluding hydrogens is 417 g/mol. The molecule has 5 heterocycles. The summed E-state index contributed by atoms with van der Waals surface area (Å²) in [7, 11) is 3.03. The first-order chi connectivity index (χ1) is 15.5. The van der Waals surface area contributed by atoms with E-state index in [-0.39, 0.29) is 23.3 Å². The van der Waals surface area contributed by atoms with Crippen molar-refractivity contribution in [2.45, 2.75) is 13.0 Å². The van der Waals surface area contributed by atoms with Crippen LogP contribution in [0.1, 0.15) is 17.4 Å². The summed E-state index contributed by atoms with van der Waals surface area (Å²) in [6.07, 6.45) is 4.76. The van der Waals surface area contributed by atoms with Crippen LogP contribution in [0.5, 0.6) is 5.88 Å². The molecule has 11 heteroatoms. The Kier molecular flexibility index (Phi) is 4.89. The highest BCUT2D eigenvalue weighted by atomic mass is 19.1. The fourth-order valence-corrected chi connectivity index (χ4v) is 3.78. The van der Waals surface area contributed by atoms with Gasteiger partial charge < -0.3 is 20.1 Å². The molecule has 4 aromatic heterocycles. The van der Waals surface area contributed by atoms with Crippen LogP contribution in [0.15, 0.2) is 30.7 Å². The number of pyridine rings is 1. The molecule has 1 aliphatic heterocycles. The van der Waals surface area contributed by atoms with Gasteiger partial charge in [-0.25, -0.2) is 13.9 Å². The molecule has 0 aromatic carbocycles. The van der Waals surface area contributed by atoms with Gasteiger partial charge in [0.05, 0.1) is 26.5 Å². The molecule has 1 amide bonds. The van der Waals surface area contributed by atoms with E-state index < -0.39 is 5.82 Å². The summed E-state index contributed by atoms with van der Waals surface area (Å²) in [6.45, 7) is 3.48. The minimum atomic E-state index is -0.549. The third kappa shape index (κ3) is 3.21. The van der Waals surface area contributed by atoms with Crippen molar-refractivity contribution in [1.82, 2.24) is 29.3 Å². The molecular formula is C21H22FN7O3. The quantitative estimate of drug-likeness (QED) is 0.473. The van der Waals surface area contributed by atoms with Crippen molar-refractivity contribution in [3.05, 3.63) is 42.2 Å². The van der Waals surface area contributed by atoms with Gasteiger partial charge in [0.2, 0.25) is 11.8 Å². The zero-order valence-electron chi connectivity index (χ0n) is 17.8. The third-order valence-electron chi connectivity index (χ3n) is 5.73. The van der Waals surface area contributed by atoms with E-state index >= 15 is 0 Å². The molecule has 1 atom stereocenters. The number of fused-ring (bicyclic) bond motifs is 2. The van der Waals surface area contributed by atoms with Crippen molar-refractivity contribution in [3.8, 4) is 17.0 Å². The second-order valence-electron chi connectivity index (χ2n) is 7.69. The van der Waals surface area contributed by atoms with Gasteiger partial charge in [0.1, 0.15) is 11.2 Å². The van der Waals surface area contributed by atoms with E-state index in [1.165, 1.54) is 30.8 Å². The van der Waals surface area contributed by atoms with Gasteiger partial charge in [-0.05, 0) is 19.1 Å². The predicted molar refractivity (Wildman–Crippen MR) is 114 cm³/mol. The lowest BCUT2D eigenvalue weighted by atomic mass is 10.0. The number of hydrogen-bond donors (Lipinski definition) is 2. The van der Waals surface area contributed by atoms with Crippen LogP contribution < -0.4 is 15.4 Å². The maximum atomic E-state index is 14.8. The summed E-state index contributed by atoms with van der Waals surface area (Å²) < 4.78 is 28.7. The van der Waals surface area contributed by atoms with Crippen LogP contribution in [0.25, 0.3) is 22.3 Å². The lowest BCUT2D eigenvalue weighted by Gasteiger charge is -2.31. The van der Waals surface area contributed by atoms with Crippen LogP contribution in [-0.4, -0.2) is 63.3 Å². The summed E-state index contributed by atoms with van der Waals surface area (Å²) >= 11 is 0. The van der Waals surface area contributed by atoms with E-state index in [0.717, 1.165) is 0 Å². The normalized spacial score (nSPS) is 15.0. The molecule has 10 nitrogen and oxygen atoms in total. The van der Waals surface area contributed by atoms with E-state index in [9.17, 15) is 9.18 Å². The molecule has 1 saturated heterocycles. The van der Waals surface area contributed by atoms with Gasteiger partial charge in [0.15, 0.2) is 11.5 Å². The molecule has 4 aromatic rings. The Morgan fingerprint density at radius 3 is 2.91 bits per heavy atom. The Balaban J connectivity index is 1.60. The highest BCUT2D eigenvalue weighted by Crippen LogP contribution is 2.33. The predicted octanol–water partition coefficient (Wildman–Crippen LogP) is 2.00. The highest BCUT2D eigenvalue weighted by Gasteiger charge is 2.26. The van der Waals surface area contributed by atoms with Gasteiger partial charge in [0, 0.05) is 42.5 Å². The summed E-state index contributed by atoms with van der Waals surface area (Å²) in [5, 5.41) is 10.4. The van der Waals surface area contributed by atoms with Crippen LogP contribution >= 0.6 is 0 Å². The maximum absolute atomic E-state index is 14.8. The first-order valence-electron chi connectivity index (χ1n) is 10.2. The average Bonchev–Trinajstić information content (AvgIpc) is 3.35. The smallest absolute Gasteiger partial charge is 0.269 e. The molecule has 0 radical (unpaired) electrons. The Morgan fingerprint density at radius 1 is 1.41 bits per heavy atom. The largest absolute Gasteiger partial charge is 0.479 e. The number of rotatable bonds is 6. The SMILES string of the molecule is CNC(=O)c1cnc2c(F)cc(-c3ccn4nc(NC(C)C5COC5)nc(OC)c34)cn12. The van der Waals surface area contributed by atoms with Gasteiger partial charge in [-0.2, -0.15) is 4.98 Å². The second-order valence-corrected chi connectivity index (χ2v) is 7.69. The topological polar surface area (TPSA) is 107 Å². The van der Waals surface area contributed by atoms with Crippen LogP contribution in [0, 0.1) is 11.7 Å². The molecule has 1 fully saturated rings. The lowest BCUT2D eigenvalue weighted by molar-refractivity contribution is -0.0380. The number of carbonyl (C=O) groups excluding carboxylic acids is 1. The molecule has 1 unspecified atom stereocenters. The van der Waals surface area contributed by atoms with Gasteiger partial charge in [-0.3, -0.25) is 9.20 Å². The maximum Gasteiger partial charge on any atom is 0.269 e. The third-order valence-corrected chi connectivity index (χ3v) is 5.73. The number of anilines is 1. The number of ether oxygens (including phenoxy) is 2. The van der Waals surface area contributed by atoms with Gasteiger partial charge in [-0.15, -0.1) is 5.10 Å². The minimum Gasteiger partial charge on any atom is -0.479 e. The Morgan fingerprint density at radius 2 is 2.22 bits per heavy atom. The number of nitrogens with one attached hydrogen (secondary N) is 2. The van der Waals surface area contributed by atoms with Crippen molar-refractivity contribution in [2.75, 3.05) is 32.7 Å². The molecule has 166 valence electrons. The van der Waals surface area contributed by atoms with Crippen LogP contribution in [0.4, 0.5) is 10.3 Å². The van der Waals surface area contributed by atoms with E-state index in [0.29, 0.717) is 47.6 Å². The van der Waals surface area contributed by atoms with Crippen LogP contribution in [0.2, 0.25) is 0 Å². The Labute approximate surface area is 182 Å². The van der Waals surface area contributed by atoms with E-state index in [2.05, 4.69) is 32.6 Å². The molecule has 0 bridgehead atoms. The van der Waals surface area contributed by atoms with Crippen molar-refractivity contribution in [2.24, 2.45) is 5.92 Å². The zero-order valence-corrected chi connectivity index (χ0v) is 17.8. The fraction of sp³-hybridized carbons (Fsp3) is 0.333. The molecule has 0 saturated carbocycles. The zero-order chi connectivity index (χ0) is 22.4. The van der Waals surface area contributed by atoms with Gasteiger partial charge >= 0.3 is 0 Å². The number of carbonyl (C=O) groups is 1. The summed E-state index contributed by atoms with van der Waals surface area (Å²) in [4.78, 5) is 20.7. The number of imidazole rings is 1. The van der Waals surface area contributed by atoms with E-state index in [1.807, 2.05) is 0 Å². The van der Waals surface area contributed by atoms with Gasteiger partial charge in [-0.1, -0.05) is 0 Å². The number of amides is 1. The molecule has 2 N–H and O–H groups in total.